The number of hydrogen-bond donors (Lipinski definition) is 4. The molecule has 0 amide bonds. The van der Waals surface area contributed by atoms with E-state index in [1.165, 1.54) is 14.7 Å². The zero-order chi connectivity index (χ0) is 21.0. The number of hydrogen-bond acceptors (Lipinski definition) is 4. The van der Waals surface area contributed by atoms with Crippen LogP contribution in [0.15, 0.2) is 40.0 Å². The van der Waals surface area contributed by atoms with E-state index >= 15 is 0 Å². The molecule has 0 saturated carbocycles. The molecule has 1 aliphatic rings. The molecule has 1 atom stereocenters. The fourth-order valence-electron chi connectivity index (χ4n) is 4.46. The van der Waals surface area contributed by atoms with Gasteiger partial charge in [-0.3, -0.25) is 4.79 Å². The molecule has 0 bridgehead atoms. The van der Waals surface area contributed by atoms with Crippen LogP contribution in [-0.2, 0) is 6.54 Å². The maximum atomic E-state index is 13.3. The van der Waals surface area contributed by atoms with Crippen molar-refractivity contribution in [1.29, 1.82) is 0 Å². The summed E-state index contributed by atoms with van der Waals surface area (Å²) in [6, 6.07) is 9.87. The van der Waals surface area contributed by atoms with E-state index in [9.17, 15) is 15.0 Å². The molecule has 1 aromatic carbocycles. The molecule has 7 heteroatoms. The molecule has 0 aliphatic carbocycles. The molecule has 6 nitrogen and oxygen atoms in total. The van der Waals surface area contributed by atoms with Crippen LogP contribution in [-0.4, -0.2) is 60.4 Å². The second kappa shape index (κ2) is 9.80. The molecule has 1 saturated heterocycles. The van der Waals surface area contributed by atoms with E-state index in [0.29, 0.717) is 12.1 Å². The molecular weight excluding hydrogens is 386 g/mol. The lowest BCUT2D eigenvalue weighted by atomic mass is 9.96. The van der Waals surface area contributed by atoms with Gasteiger partial charge in [-0.1, -0.05) is 12.1 Å². The number of thioether (sulfide) groups is 1. The number of aromatic nitrogens is 1. The van der Waals surface area contributed by atoms with E-state index in [2.05, 4.69) is 24.3 Å². The summed E-state index contributed by atoms with van der Waals surface area (Å²) < 4.78 is 1.74. The lowest BCUT2D eigenvalue weighted by molar-refractivity contribution is -1.02. The van der Waals surface area contributed by atoms with Gasteiger partial charge in [0, 0.05) is 22.7 Å². The predicted octanol–water partition coefficient (Wildman–Crippen LogP) is -0.531. The Kier molecular flexibility index (Phi) is 7.40. The van der Waals surface area contributed by atoms with E-state index in [1.807, 2.05) is 20.1 Å². The van der Waals surface area contributed by atoms with Crippen LogP contribution in [0.3, 0.4) is 0 Å². The number of nitrogens with one attached hydrogen (secondary N) is 2. The van der Waals surface area contributed by atoms with Gasteiger partial charge >= 0.3 is 0 Å². The third-order valence-electron chi connectivity index (χ3n) is 6.05. The van der Waals surface area contributed by atoms with E-state index in [4.69, 9.17) is 0 Å². The molecule has 29 heavy (non-hydrogen) atoms. The van der Waals surface area contributed by atoms with Crippen LogP contribution in [0.1, 0.15) is 29.8 Å². The maximum Gasteiger partial charge on any atom is 0.264 e. The van der Waals surface area contributed by atoms with E-state index in [0.717, 1.165) is 44.0 Å². The topological polar surface area (TPSA) is 71.3 Å². The number of aliphatic hydroxyl groups excluding tert-OH is 1. The van der Waals surface area contributed by atoms with Gasteiger partial charge in [-0.15, -0.1) is 11.8 Å². The van der Waals surface area contributed by atoms with Crippen molar-refractivity contribution in [1.82, 2.24) is 4.57 Å². The summed E-state index contributed by atoms with van der Waals surface area (Å²) in [5.74, 6) is 0.0915. The Morgan fingerprint density at radius 3 is 2.38 bits per heavy atom. The summed E-state index contributed by atoms with van der Waals surface area (Å²) in [4.78, 5) is 17.2. The number of piperazine rings is 1. The zero-order valence-electron chi connectivity index (χ0n) is 17.6. The minimum absolute atomic E-state index is 0.0915. The highest BCUT2D eigenvalue weighted by Gasteiger charge is 2.35. The Hall–Kier alpha value is -1.80. The molecule has 1 aliphatic heterocycles. The molecule has 2 heterocycles. The van der Waals surface area contributed by atoms with Crippen molar-refractivity contribution in [2.45, 2.75) is 31.3 Å². The lowest BCUT2D eigenvalue weighted by Crippen LogP contribution is -3.28. The average Bonchev–Trinajstić information content (AvgIpc) is 2.72. The monoisotopic (exact) mass is 419 g/mol. The minimum atomic E-state index is -0.201. The predicted molar refractivity (Wildman–Crippen MR) is 116 cm³/mol. The average molecular weight is 420 g/mol. The molecular formula is C22H33N3O3S+2. The first kappa shape index (κ1) is 21.9. The van der Waals surface area contributed by atoms with Gasteiger partial charge in [0.25, 0.3) is 5.56 Å². The lowest BCUT2D eigenvalue weighted by Gasteiger charge is -2.35. The summed E-state index contributed by atoms with van der Waals surface area (Å²) in [7, 11) is 0. The molecule has 0 spiro atoms. The minimum Gasteiger partial charge on any atom is -0.507 e. The number of pyridine rings is 1. The van der Waals surface area contributed by atoms with Gasteiger partial charge in [0.2, 0.25) is 0 Å². The van der Waals surface area contributed by atoms with Crippen LogP contribution < -0.4 is 15.4 Å². The molecule has 3 rings (SSSR count). The Morgan fingerprint density at radius 2 is 1.83 bits per heavy atom. The second-order valence-electron chi connectivity index (χ2n) is 7.72. The molecule has 4 N–H and O–H groups in total. The van der Waals surface area contributed by atoms with Crippen molar-refractivity contribution >= 4 is 11.8 Å². The van der Waals surface area contributed by atoms with Crippen LogP contribution in [0, 0.1) is 6.92 Å². The van der Waals surface area contributed by atoms with Crippen molar-refractivity contribution in [2.24, 2.45) is 0 Å². The van der Waals surface area contributed by atoms with E-state index in [-0.39, 0.29) is 24.0 Å². The van der Waals surface area contributed by atoms with Crippen LogP contribution in [0.5, 0.6) is 5.75 Å². The Balaban J connectivity index is 2.06. The Bertz CT molecular complexity index is 874. The third-order valence-corrected chi connectivity index (χ3v) is 6.79. The highest BCUT2D eigenvalue weighted by molar-refractivity contribution is 7.98. The van der Waals surface area contributed by atoms with Crippen molar-refractivity contribution in [3.8, 4) is 5.75 Å². The van der Waals surface area contributed by atoms with Crippen LogP contribution in [0.4, 0.5) is 0 Å². The maximum absolute atomic E-state index is 13.3. The number of aryl methyl sites for hydroxylation is 1. The van der Waals surface area contributed by atoms with Gasteiger partial charge in [0.15, 0.2) is 0 Å². The van der Waals surface area contributed by atoms with Crippen molar-refractivity contribution in [3.63, 3.8) is 0 Å². The van der Waals surface area contributed by atoms with Crippen LogP contribution in [0.25, 0.3) is 0 Å². The highest BCUT2D eigenvalue weighted by Crippen LogP contribution is 2.27. The summed E-state index contributed by atoms with van der Waals surface area (Å²) >= 11 is 1.69. The quantitative estimate of drug-likeness (QED) is 0.456. The summed E-state index contributed by atoms with van der Waals surface area (Å²) in [6.45, 7) is 9.05. The first-order valence-corrected chi connectivity index (χ1v) is 11.6. The van der Waals surface area contributed by atoms with Gasteiger partial charge in [-0.25, -0.2) is 0 Å². The van der Waals surface area contributed by atoms with Gasteiger partial charge in [0.05, 0.1) is 6.61 Å². The second-order valence-corrected chi connectivity index (χ2v) is 8.60. The standard InChI is InChI=1S/C22H31N3O3S/c1-4-25-16(2)15-19(27)20(22(25)28)21(17-5-7-18(29-3)8-6-17)24-11-9-23(10-12-24)13-14-26/h5-8,15,21,26-27H,4,9-14H2,1-3H3/p+2/t21-/m1/s1. The number of quaternary nitrogens is 2. The zero-order valence-corrected chi connectivity index (χ0v) is 18.4. The smallest absolute Gasteiger partial charge is 0.264 e. The number of rotatable bonds is 7. The van der Waals surface area contributed by atoms with Crippen LogP contribution >= 0.6 is 11.8 Å². The van der Waals surface area contributed by atoms with Gasteiger partial charge in [-0.2, -0.15) is 0 Å². The highest BCUT2D eigenvalue weighted by atomic mass is 32.2. The fraction of sp³-hybridized carbons (Fsp3) is 0.500. The number of benzene rings is 1. The van der Waals surface area contributed by atoms with Crippen molar-refractivity contribution in [2.75, 3.05) is 45.6 Å². The Morgan fingerprint density at radius 1 is 1.17 bits per heavy atom. The Labute approximate surface area is 176 Å². The largest absolute Gasteiger partial charge is 0.507 e. The molecule has 1 fully saturated rings. The van der Waals surface area contributed by atoms with Gasteiger partial charge in [0.1, 0.15) is 50.1 Å². The van der Waals surface area contributed by atoms with Gasteiger partial charge in [-0.05, 0) is 38.3 Å². The SMILES string of the molecule is CCn1c(C)cc(O)c([C@@H](c2ccc(SC)cc2)[NH+]2CC[NH+](CCO)CC2)c1=O. The summed E-state index contributed by atoms with van der Waals surface area (Å²) in [5, 5.41) is 20.1. The number of nitrogens with zero attached hydrogens (tertiary/aromatic N) is 1. The number of aromatic hydroxyl groups is 1. The van der Waals surface area contributed by atoms with E-state index < -0.39 is 0 Å². The molecule has 0 radical (unpaired) electrons. The van der Waals surface area contributed by atoms with E-state index in [1.54, 1.807) is 22.4 Å². The normalized spacial score (nSPS) is 20.6. The number of aliphatic hydroxyl groups is 1. The summed E-state index contributed by atoms with van der Waals surface area (Å²) in [6.07, 6.45) is 2.05. The first-order chi connectivity index (χ1) is 14.0. The molecule has 2 aromatic rings. The molecule has 158 valence electrons. The summed E-state index contributed by atoms with van der Waals surface area (Å²) in [5.41, 5.74) is 2.24. The van der Waals surface area contributed by atoms with Crippen molar-refractivity contribution in [3.05, 3.63) is 57.5 Å². The van der Waals surface area contributed by atoms with Gasteiger partial charge < -0.3 is 24.6 Å². The first-order valence-electron chi connectivity index (χ1n) is 10.4. The fourth-order valence-corrected chi connectivity index (χ4v) is 4.87. The third kappa shape index (κ3) is 4.69. The molecule has 1 aromatic heterocycles. The van der Waals surface area contributed by atoms with Crippen molar-refractivity contribution < 1.29 is 20.0 Å². The van der Waals surface area contributed by atoms with Crippen LogP contribution in [0.2, 0.25) is 0 Å². The molecule has 0 unspecified atom stereocenters.